The van der Waals surface area contributed by atoms with E-state index in [0.29, 0.717) is 46.1 Å². The maximum Gasteiger partial charge on any atom is 0.238 e. The van der Waals surface area contributed by atoms with Crippen molar-refractivity contribution < 1.29 is 22.7 Å². The van der Waals surface area contributed by atoms with Crippen LogP contribution in [0.1, 0.15) is 37.1 Å². The second-order valence-corrected chi connectivity index (χ2v) is 9.85. The van der Waals surface area contributed by atoms with Crippen molar-refractivity contribution in [3.05, 3.63) is 59.5 Å². The lowest BCUT2D eigenvalue weighted by molar-refractivity contribution is -0.129. The molecule has 1 amide bonds. The van der Waals surface area contributed by atoms with Crippen molar-refractivity contribution in [1.82, 2.24) is 14.5 Å². The van der Waals surface area contributed by atoms with E-state index in [4.69, 9.17) is 9.47 Å². The predicted molar refractivity (Wildman–Crippen MR) is 127 cm³/mol. The average molecular weight is 476 g/mol. The molecule has 1 saturated heterocycles. The molecule has 1 aromatic carbocycles. The normalized spacial score (nSPS) is 15.4. The molecule has 2 heterocycles. The van der Waals surface area contributed by atoms with Crippen LogP contribution in [0.15, 0.2) is 48.1 Å². The first-order valence-electron chi connectivity index (χ1n) is 11.4. The van der Waals surface area contributed by atoms with E-state index in [1.807, 2.05) is 43.5 Å². The first kappa shape index (κ1) is 25.1. The molecule has 0 radical (unpaired) electrons. The maximum atomic E-state index is 12.6. The Labute approximate surface area is 196 Å². The number of carbonyl (C=O) groups excluding carboxylic acids is 1. The van der Waals surface area contributed by atoms with E-state index in [-0.39, 0.29) is 11.8 Å². The van der Waals surface area contributed by atoms with Gasteiger partial charge >= 0.3 is 0 Å². The summed E-state index contributed by atoms with van der Waals surface area (Å²) in [7, 11) is -3.62. The molecule has 2 aromatic rings. The third-order valence-electron chi connectivity index (χ3n) is 5.61. The summed E-state index contributed by atoms with van der Waals surface area (Å²) in [5.41, 5.74) is 0.782. The Hall–Kier alpha value is -2.49. The summed E-state index contributed by atoms with van der Waals surface area (Å²) in [5.74, 6) is 0.377. The number of carbonyl (C=O) groups is 1. The van der Waals surface area contributed by atoms with Gasteiger partial charge < -0.3 is 18.9 Å². The van der Waals surface area contributed by atoms with Crippen molar-refractivity contribution in [2.45, 2.75) is 32.2 Å². The van der Waals surface area contributed by atoms with E-state index in [9.17, 15) is 13.2 Å². The fraction of sp³-hybridized carbons (Fsp3) is 0.500. The molecule has 0 bridgehead atoms. The molecule has 1 aliphatic heterocycles. The standard InChI is InChI=1S/C24H33N3O5S/c1-2-31-17-18-32-16-15-27-14-11-25-24(27)22-8-12-26(13-9-22)23(28)20-33(29,30)19-10-21-6-4-3-5-7-21/h3-7,10-11,14,19,22H,2,8-9,12-13,15-18,20H2,1H3. The molecule has 0 aliphatic carbocycles. The minimum atomic E-state index is -3.62. The minimum absolute atomic E-state index is 0.238. The summed E-state index contributed by atoms with van der Waals surface area (Å²) in [6.07, 6.45) is 6.78. The van der Waals surface area contributed by atoms with Crippen LogP contribution in [0.4, 0.5) is 0 Å². The molecule has 1 aromatic heterocycles. The molecular formula is C24H33N3O5S. The number of hydrogen-bond donors (Lipinski definition) is 0. The van der Waals surface area contributed by atoms with E-state index >= 15 is 0 Å². The predicted octanol–water partition coefficient (Wildman–Crippen LogP) is 2.73. The summed E-state index contributed by atoms with van der Waals surface area (Å²) in [5, 5.41) is 1.13. The Kier molecular flexibility index (Phi) is 9.65. The number of sulfone groups is 1. The van der Waals surface area contributed by atoms with Gasteiger partial charge in [-0.05, 0) is 31.4 Å². The zero-order chi connectivity index (χ0) is 23.5. The van der Waals surface area contributed by atoms with Crippen molar-refractivity contribution >= 4 is 21.8 Å². The largest absolute Gasteiger partial charge is 0.379 e. The van der Waals surface area contributed by atoms with Crippen LogP contribution < -0.4 is 0 Å². The summed E-state index contributed by atoms with van der Waals surface area (Å²) in [4.78, 5) is 18.8. The van der Waals surface area contributed by atoms with E-state index in [0.717, 1.165) is 29.6 Å². The SMILES string of the molecule is CCOCCOCCn1ccnc1C1CCN(C(=O)CS(=O)(=O)C=Cc2ccccc2)CC1. The van der Waals surface area contributed by atoms with Crippen LogP contribution in [-0.2, 0) is 30.7 Å². The van der Waals surface area contributed by atoms with Crippen LogP contribution in [0.25, 0.3) is 6.08 Å². The number of nitrogens with zero attached hydrogens (tertiary/aromatic N) is 3. The first-order chi connectivity index (χ1) is 16.0. The van der Waals surface area contributed by atoms with Gasteiger partial charge in [-0.2, -0.15) is 0 Å². The van der Waals surface area contributed by atoms with Crippen LogP contribution in [0.3, 0.4) is 0 Å². The average Bonchev–Trinajstić information content (AvgIpc) is 3.29. The van der Waals surface area contributed by atoms with Gasteiger partial charge in [-0.25, -0.2) is 13.4 Å². The summed E-state index contributed by atoms with van der Waals surface area (Å²) < 4.78 is 37.7. The second kappa shape index (κ2) is 12.7. The zero-order valence-corrected chi connectivity index (χ0v) is 20.0. The van der Waals surface area contributed by atoms with Gasteiger partial charge in [-0.15, -0.1) is 0 Å². The Balaban J connectivity index is 1.45. The number of benzene rings is 1. The van der Waals surface area contributed by atoms with Crippen LogP contribution in [0, 0.1) is 0 Å². The minimum Gasteiger partial charge on any atom is -0.379 e. The van der Waals surface area contributed by atoms with E-state index < -0.39 is 15.6 Å². The highest BCUT2D eigenvalue weighted by atomic mass is 32.2. The van der Waals surface area contributed by atoms with Crippen LogP contribution in [0.5, 0.6) is 0 Å². The van der Waals surface area contributed by atoms with Gasteiger partial charge in [0.25, 0.3) is 0 Å². The number of likely N-dealkylation sites (tertiary alicyclic amines) is 1. The number of rotatable bonds is 12. The van der Waals surface area contributed by atoms with Crippen LogP contribution >= 0.6 is 0 Å². The third kappa shape index (κ3) is 8.10. The number of hydrogen-bond acceptors (Lipinski definition) is 6. The van der Waals surface area contributed by atoms with Crippen molar-refractivity contribution in [2.24, 2.45) is 0 Å². The van der Waals surface area contributed by atoms with Crippen molar-refractivity contribution in [1.29, 1.82) is 0 Å². The molecule has 0 atom stereocenters. The molecule has 3 rings (SSSR count). The van der Waals surface area contributed by atoms with Gasteiger partial charge in [-0.3, -0.25) is 4.79 Å². The number of ether oxygens (including phenoxy) is 2. The monoisotopic (exact) mass is 475 g/mol. The van der Waals surface area contributed by atoms with E-state index in [2.05, 4.69) is 9.55 Å². The van der Waals surface area contributed by atoms with Gasteiger partial charge in [0.2, 0.25) is 5.91 Å². The van der Waals surface area contributed by atoms with Gasteiger partial charge in [0.15, 0.2) is 9.84 Å². The third-order valence-corrected chi connectivity index (χ3v) is 6.81. The Morgan fingerprint density at radius 2 is 1.85 bits per heavy atom. The molecule has 0 spiro atoms. The molecule has 0 N–H and O–H groups in total. The summed E-state index contributed by atoms with van der Waals surface area (Å²) in [6.45, 7) is 6.16. The molecule has 8 nitrogen and oxygen atoms in total. The Bertz CT molecular complexity index is 996. The van der Waals surface area contributed by atoms with E-state index in [1.54, 1.807) is 11.1 Å². The molecule has 1 fully saturated rings. The van der Waals surface area contributed by atoms with Gasteiger partial charge in [0.1, 0.15) is 11.6 Å². The molecule has 180 valence electrons. The number of piperidine rings is 1. The van der Waals surface area contributed by atoms with Crippen molar-refractivity contribution in [3.63, 3.8) is 0 Å². The molecular weight excluding hydrogens is 442 g/mol. The van der Waals surface area contributed by atoms with Crippen molar-refractivity contribution in [3.8, 4) is 0 Å². The topological polar surface area (TPSA) is 90.7 Å². The molecule has 1 aliphatic rings. The lowest BCUT2D eigenvalue weighted by Crippen LogP contribution is -2.41. The fourth-order valence-corrected chi connectivity index (χ4v) is 4.83. The fourth-order valence-electron chi connectivity index (χ4n) is 3.84. The lowest BCUT2D eigenvalue weighted by atomic mass is 9.96. The Morgan fingerprint density at radius 1 is 1.12 bits per heavy atom. The highest BCUT2D eigenvalue weighted by Gasteiger charge is 2.28. The smallest absolute Gasteiger partial charge is 0.238 e. The summed E-state index contributed by atoms with van der Waals surface area (Å²) >= 11 is 0. The highest BCUT2D eigenvalue weighted by molar-refractivity contribution is 7.95. The maximum absolute atomic E-state index is 12.6. The zero-order valence-electron chi connectivity index (χ0n) is 19.1. The van der Waals surface area contributed by atoms with E-state index in [1.165, 1.54) is 6.08 Å². The number of amides is 1. The van der Waals surface area contributed by atoms with Crippen molar-refractivity contribution in [2.75, 3.05) is 45.3 Å². The molecule has 9 heteroatoms. The second-order valence-electron chi connectivity index (χ2n) is 7.96. The quantitative estimate of drug-likeness (QED) is 0.439. The van der Waals surface area contributed by atoms with Crippen LogP contribution in [-0.4, -0.2) is 74.0 Å². The van der Waals surface area contributed by atoms with Gasteiger partial charge in [-0.1, -0.05) is 30.3 Å². The molecule has 33 heavy (non-hydrogen) atoms. The van der Waals surface area contributed by atoms with Gasteiger partial charge in [0.05, 0.1) is 19.8 Å². The lowest BCUT2D eigenvalue weighted by Gasteiger charge is -2.31. The Morgan fingerprint density at radius 3 is 2.58 bits per heavy atom. The molecule has 0 saturated carbocycles. The first-order valence-corrected chi connectivity index (χ1v) is 13.1. The number of imidazole rings is 1. The van der Waals surface area contributed by atoms with Gasteiger partial charge in [0, 0.05) is 50.0 Å². The van der Waals surface area contributed by atoms with Crippen LogP contribution in [0.2, 0.25) is 0 Å². The number of aromatic nitrogens is 2. The molecule has 0 unspecified atom stereocenters. The summed E-state index contributed by atoms with van der Waals surface area (Å²) in [6, 6.07) is 9.17. The highest BCUT2D eigenvalue weighted by Crippen LogP contribution is 2.27.